The van der Waals surface area contributed by atoms with E-state index in [-0.39, 0.29) is 16.8 Å². The minimum Gasteiger partial charge on any atom is -0.346 e. The highest BCUT2D eigenvalue weighted by molar-refractivity contribution is 7.98. The Morgan fingerprint density at radius 2 is 1.59 bits per heavy atom. The van der Waals surface area contributed by atoms with Crippen LogP contribution in [0.5, 0.6) is 0 Å². The van der Waals surface area contributed by atoms with Crippen LogP contribution in [0.15, 0.2) is 76.5 Å². The van der Waals surface area contributed by atoms with E-state index >= 15 is 0 Å². The van der Waals surface area contributed by atoms with Crippen molar-refractivity contribution in [2.24, 2.45) is 0 Å². The third-order valence-corrected chi connectivity index (χ3v) is 7.99. The van der Waals surface area contributed by atoms with Gasteiger partial charge in [0.25, 0.3) is 15.9 Å². The molecule has 1 atom stereocenters. The summed E-state index contributed by atoms with van der Waals surface area (Å²) in [6.07, 6.45) is 1.94. The van der Waals surface area contributed by atoms with Crippen molar-refractivity contribution in [2.75, 3.05) is 17.6 Å². The van der Waals surface area contributed by atoms with Gasteiger partial charge >= 0.3 is 0 Å². The van der Waals surface area contributed by atoms with Crippen molar-refractivity contribution in [2.45, 2.75) is 36.6 Å². The lowest BCUT2D eigenvalue weighted by molar-refractivity contribution is 0.0940. The highest BCUT2D eigenvalue weighted by Gasteiger charge is 2.22. The molecule has 0 unspecified atom stereocenters. The van der Waals surface area contributed by atoms with Crippen LogP contribution in [0.1, 0.15) is 40.0 Å². The van der Waals surface area contributed by atoms with Crippen LogP contribution in [-0.4, -0.2) is 27.6 Å². The molecule has 0 spiro atoms. The molecule has 0 fully saturated rings. The minimum absolute atomic E-state index is 0.143. The number of hydrogen-bond donors (Lipinski definition) is 1. The summed E-state index contributed by atoms with van der Waals surface area (Å²) >= 11 is 1.55. The molecule has 0 aromatic heterocycles. The normalized spacial score (nSPS) is 12.3. The molecule has 32 heavy (non-hydrogen) atoms. The quantitative estimate of drug-likeness (QED) is 0.475. The van der Waals surface area contributed by atoms with Crippen LogP contribution >= 0.6 is 11.8 Å². The van der Waals surface area contributed by atoms with E-state index in [2.05, 4.69) is 11.4 Å². The molecule has 1 amide bonds. The summed E-state index contributed by atoms with van der Waals surface area (Å²) in [5.41, 5.74) is 4.34. The lowest BCUT2D eigenvalue weighted by Gasteiger charge is -2.20. The number of amides is 1. The number of hydrogen-bond acceptors (Lipinski definition) is 4. The molecular formula is C25H28N2O3S2. The van der Waals surface area contributed by atoms with Crippen LogP contribution < -0.4 is 9.62 Å². The van der Waals surface area contributed by atoms with Crippen molar-refractivity contribution in [1.82, 2.24) is 5.32 Å². The van der Waals surface area contributed by atoms with Gasteiger partial charge in [-0.15, -0.1) is 11.8 Å². The molecular weight excluding hydrogens is 440 g/mol. The Bertz CT molecular complexity index is 1200. The number of sulfonamides is 1. The van der Waals surface area contributed by atoms with Gasteiger partial charge < -0.3 is 5.32 Å². The van der Waals surface area contributed by atoms with E-state index in [1.807, 2.05) is 39.2 Å². The van der Waals surface area contributed by atoms with Gasteiger partial charge in [0.05, 0.1) is 16.6 Å². The van der Waals surface area contributed by atoms with Crippen molar-refractivity contribution in [3.05, 3.63) is 89.0 Å². The molecule has 0 aliphatic heterocycles. The molecule has 1 N–H and O–H groups in total. The van der Waals surface area contributed by atoms with E-state index in [0.717, 1.165) is 16.0 Å². The number of benzene rings is 3. The summed E-state index contributed by atoms with van der Waals surface area (Å²) < 4.78 is 27.1. The van der Waals surface area contributed by atoms with Crippen molar-refractivity contribution < 1.29 is 13.2 Å². The van der Waals surface area contributed by atoms with E-state index in [9.17, 15) is 13.2 Å². The average Bonchev–Trinajstić information content (AvgIpc) is 2.78. The van der Waals surface area contributed by atoms with E-state index < -0.39 is 10.0 Å². The number of aryl methyl sites for hydroxylation is 2. The fraction of sp³-hybridized carbons (Fsp3) is 0.240. The van der Waals surface area contributed by atoms with E-state index in [1.54, 1.807) is 60.3 Å². The standard InChI is InChI=1S/C25H28N2O3S2/c1-17-6-15-24(18(2)16-17)19(3)26-25(28)20-7-9-21(10-8-20)27(4)32(29,30)23-13-11-22(31-5)12-14-23/h6-16,19H,1-5H3,(H,26,28)/t19-/m1/s1. The molecule has 5 nitrogen and oxygen atoms in total. The number of carbonyl (C=O) groups is 1. The second kappa shape index (κ2) is 9.79. The highest BCUT2D eigenvalue weighted by Crippen LogP contribution is 2.25. The first-order valence-electron chi connectivity index (χ1n) is 10.2. The van der Waals surface area contributed by atoms with Gasteiger partial charge in [-0.2, -0.15) is 0 Å². The molecule has 7 heteroatoms. The Labute approximate surface area is 194 Å². The summed E-state index contributed by atoms with van der Waals surface area (Å²) in [5.74, 6) is -0.206. The summed E-state index contributed by atoms with van der Waals surface area (Å²) in [5, 5.41) is 3.02. The molecule has 0 radical (unpaired) electrons. The van der Waals surface area contributed by atoms with Crippen LogP contribution in [0, 0.1) is 13.8 Å². The lowest BCUT2D eigenvalue weighted by Crippen LogP contribution is -2.28. The Kier molecular flexibility index (Phi) is 7.31. The maximum atomic E-state index is 12.9. The van der Waals surface area contributed by atoms with Crippen molar-refractivity contribution in [1.29, 1.82) is 0 Å². The van der Waals surface area contributed by atoms with E-state index in [1.165, 1.54) is 16.9 Å². The Morgan fingerprint density at radius 3 is 2.16 bits per heavy atom. The third-order valence-electron chi connectivity index (χ3n) is 5.45. The first-order chi connectivity index (χ1) is 15.1. The van der Waals surface area contributed by atoms with Gasteiger partial charge in [0.15, 0.2) is 0 Å². The Balaban J connectivity index is 1.73. The van der Waals surface area contributed by atoms with Crippen LogP contribution in [0.2, 0.25) is 0 Å². The van der Waals surface area contributed by atoms with Gasteiger partial charge in [0.1, 0.15) is 0 Å². The SMILES string of the molecule is CSc1ccc(S(=O)(=O)N(C)c2ccc(C(=O)N[C@H](C)c3ccc(C)cc3C)cc2)cc1. The first kappa shape index (κ1) is 23.9. The molecule has 3 rings (SSSR count). The first-order valence-corrected chi connectivity index (χ1v) is 12.9. The maximum Gasteiger partial charge on any atom is 0.264 e. The maximum absolute atomic E-state index is 12.9. The Morgan fingerprint density at radius 1 is 0.969 bits per heavy atom. The van der Waals surface area contributed by atoms with Crippen molar-refractivity contribution in [3.8, 4) is 0 Å². The fourth-order valence-corrected chi connectivity index (χ4v) is 5.14. The van der Waals surface area contributed by atoms with Gasteiger partial charge in [0, 0.05) is 17.5 Å². The van der Waals surface area contributed by atoms with Crippen molar-refractivity contribution >= 4 is 33.4 Å². The number of nitrogens with one attached hydrogen (secondary N) is 1. The molecule has 3 aromatic rings. The molecule has 168 valence electrons. The second-order valence-electron chi connectivity index (χ2n) is 7.75. The summed E-state index contributed by atoms with van der Waals surface area (Å²) in [6, 6.07) is 19.4. The predicted molar refractivity (Wildman–Crippen MR) is 132 cm³/mol. The molecule has 0 saturated heterocycles. The monoisotopic (exact) mass is 468 g/mol. The molecule has 0 heterocycles. The number of rotatable bonds is 7. The van der Waals surface area contributed by atoms with Crippen LogP contribution in [-0.2, 0) is 10.0 Å². The molecule has 0 aliphatic rings. The van der Waals surface area contributed by atoms with Gasteiger partial charge in [-0.05, 0) is 86.7 Å². The smallest absolute Gasteiger partial charge is 0.264 e. The van der Waals surface area contributed by atoms with Crippen LogP contribution in [0.3, 0.4) is 0 Å². The van der Waals surface area contributed by atoms with Gasteiger partial charge in [-0.25, -0.2) is 8.42 Å². The van der Waals surface area contributed by atoms with E-state index in [0.29, 0.717) is 11.3 Å². The third kappa shape index (κ3) is 5.16. The van der Waals surface area contributed by atoms with Crippen molar-refractivity contribution in [3.63, 3.8) is 0 Å². The molecule has 0 bridgehead atoms. The molecule has 3 aromatic carbocycles. The minimum atomic E-state index is -3.69. The summed E-state index contributed by atoms with van der Waals surface area (Å²) in [4.78, 5) is 13.9. The number of thioether (sulfide) groups is 1. The van der Waals surface area contributed by atoms with Crippen LogP contribution in [0.4, 0.5) is 5.69 Å². The molecule has 0 aliphatic carbocycles. The van der Waals surface area contributed by atoms with Gasteiger partial charge in [-0.3, -0.25) is 9.10 Å². The van der Waals surface area contributed by atoms with Gasteiger partial charge in [-0.1, -0.05) is 23.8 Å². The number of carbonyl (C=O) groups excluding carboxylic acids is 1. The zero-order chi connectivity index (χ0) is 23.5. The average molecular weight is 469 g/mol. The number of anilines is 1. The summed E-state index contributed by atoms with van der Waals surface area (Å²) in [7, 11) is -2.18. The number of nitrogens with zero attached hydrogens (tertiary/aromatic N) is 1. The molecule has 0 saturated carbocycles. The van der Waals surface area contributed by atoms with Gasteiger partial charge in [0.2, 0.25) is 0 Å². The topological polar surface area (TPSA) is 66.5 Å². The van der Waals surface area contributed by atoms with E-state index in [4.69, 9.17) is 0 Å². The zero-order valence-corrected chi connectivity index (χ0v) is 20.5. The summed E-state index contributed by atoms with van der Waals surface area (Å²) in [6.45, 7) is 6.02. The van der Waals surface area contributed by atoms with Crippen LogP contribution in [0.25, 0.3) is 0 Å². The predicted octanol–water partition coefficient (Wildman–Crippen LogP) is 5.34. The Hall–Kier alpha value is -2.77. The lowest BCUT2D eigenvalue weighted by atomic mass is 10.00. The largest absolute Gasteiger partial charge is 0.346 e. The fourth-order valence-electron chi connectivity index (χ4n) is 3.54. The second-order valence-corrected chi connectivity index (χ2v) is 10.6. The highest BCUT2D eigenvalue weighted by atomic mass is 32.2. The zero-order valence-electron chi connectivity index (χ0n) is 18.9.